The summed E-state index contributed by atoms with van der Waals surface area (Å²) in [5.74, 6) is 0. The van der Waals surface area contributed by atoms with Crippen molar-refractivity contribution in [1.82, 2.24) is 9.80 Å². The summed E-state index contributed by atoms with van der Waals surface area (Å²) in [7, 11) is 2.17. The molecule has 1 saturated heterocycles. The van der Waals surface area contributed by atoms with Crippen LogP contribution in [0.15, 0.2) is 59.5 Å². The van der Waals surface area contributed by atoms with Crippen LogP contribution in [0.2, 0.25) is 0 Å². The Morgan fingerprint density at radius 1 is 0.864 bits per heavy atom. The molecular weight excluding hydrogens is 295 g/mol. The maximum atomic E-state index is 12.7. The van der Waals surface area contributed by atoms with Crippen LogP contribution in [0.3, 0.4) is 0 Å². The van der Waals surface area contributed by atoms with Crippen molar-refractivity contribution >= 4 is 12.1 Å². The average molecular weight is 316 g/mol. The molecule has 1 aliphatic rings. The van der Waals surface area contributed by atoms with Crippen LogP contribution in [-0.2, 0) is 0 Å². The van der Waals surface area contributed by atoms with Crippen LogP contribution in [0.25, 0.3) is 0 Å². The molecule has 1 aliphatic heterocycles. The molecular formula is C18H21FN2S. The summed E-state index contributed by atoms with van der Waals surface area (Å²) >= 11 is 0.301. The van der Waals surface area contributed by atoms with Gasteiger partial charge in [0, 0.05) is 31.1 Å². The number of nitrogens with zero attached hydrogens (tertiary/aromatic N) is 2. The van der Waals surface area contributed by atoms with Crippen molar-refractivity contribution in [2.75, 3.05) is 33.2 Å². The molecule has 1 fully saturated rings. The molecule has 1 unspecified atom stereocenters. The lowest BCUT2D eigenvalue weighted by Crippen LogP contribution is -2.46. The van der Waals surface area contributed by atoms with Crippen molar-refractivity contribution < 1.29 is 3.89 Å². The van der Waals surface area contributed by atoms with Crippen molar-refractivity contribution in [2.45, 2.75) is 10.9 Å². The van der Waals surface area contributed by atoms with Gasteiger partial charge in [-0.1, -0.05) is 42.5 Å². The van der Waals surface area contributed by atoms with Crippen molar-refractivity contribution in [1.29, 1.82) is 0 Å². The third-order valence-corrected chi connectivity index (χ3v) is 4.75. The van der Waals surface area contributed by atoms with Crippen LogP contribution in [0.5, 0.6) is 0 Å². The first-order valence-electron chi connectivity index (χ1n) is 7.64. The Kier molecular flexibility index (Phi) is 5.13. The summed E-state index contributed by atoms with van der Waals surface area (Å²) in [6.45, 7) is 4.27. The molecule has 2 aromatic rings. The molecule has 116 valence electrons. The number of hydrogen-bond donors (Lipinski definition) is 0. The molecule has 3 rings (SSSR count). The highest BCUT2D eigenvalue weighted by Gasteiger charge is 2.25. The fourth-order valence-corrected chi connectivity index (χ4v) is 3.27. The Hall–Kier alpha value is -1.36. The maximum absolute atomic E-state index is 12.7. The van der Waals surface area contributed by atoms with Gasteiger partial charge in [0.15, 0.2) is 0 Å². The first-order chi connectivity index (χ1) is 10.8. The highest BCUT2D eigenvalue weighted by Crippen LogP contribution is 2.31. The maximum Gasteiger partial charge on any atom is 0.0812 e. The molecule has 0 N–H and O–H groups in total. The zero-order valence-corrected chi connectivity index (χ0v) is 13.6. The van der Waals surface area contributed by atoms with E-state index in [2.05, 4.69) is 53.2 Å². The van der Waals surface area contributed by atoms with Gasteiger partial charge in [-0.15, -0.1) is 0 Å². The highest BCUT2D eigenvalue weighted by molar-refractivity contribution is 7.94. The van der Waals surface area contributed by atoms with Crippen LogP contribution in [0.4, 0.5) is 3.89 Å². The summed E-state index contributed by atoms with van der Waals surface area (Å²) in [5, 5.41) is 0. The third-order valence-electron chi connectivity index (χ3n) is 4.30. The number of piperazine rings is 1. The van der Waals surface area contributed by atoms with E-state index in [-0.39, 0.29) is 6.04 Å². The zero-order chi connectivity index (χ0) is 15.4. The van der Waals surface area contributed by atoms with Gasteiger partial charge < -0.3 is 4.90 Å². The quantitative estimate of drug-likeness (QED) is 0.842. The number of rotatable bonds is 4. The summed E-state index contributed by atoms with van der Waals surface area (Å²) in [6, 6.07) is 18.7. The molecule has 4 heteroatoms. The van der Waals surface area contributed by atoms with Gasteiger partial charge >= 0.3 is 0 Å². The number of likely N-dealkylation sites (N-methyl/N-ethyl adjacent to an activating group) is 1. The minimum atomic E-state index is 0.244. The summed E-state index contributed by atoms with van der Waals surface area (Å²) < 4.78 is 12.7. The highest BCUT2D eigenvalue weighted by atomic mass is 32.2. The monoisotopic (exact) mass is 316 g/mol. The van der Waals surface area contributed by atoms with Gasteiger partial charge in [-0.25, -0.2) is 0 Å². The van der Waals surface area contributed by atoms with Gasteiger partial charge in [-0.05, 0) is 30.3 Å². The topological polar surface area (TPSA) is 6.48 Å². The van der Waals surface area contributed by atoms with Crippen molar-refractivity contribution in [3.63, 3.8) is 0 Å². The Morgan fingerprint density at radius 3 is 2.05 bits per heavy atom. The second-order valence-corrected chi connectivity index (χ2v) is 6.42. The van der Waals surface area contributed by atoms with E-state index in [1.165, 1.54) is 11.1 Å². The summed E-state index contributed by atoms with van der Waals surface area (Å²) in [5.41, 5.74) is 2.53. The standard InChI is InChI=1S/C18H21FN2S/c1-20-11-13-21(14-12-20)18(15-5-3-2-4-6-15)16-7-9-17(22-19)10-8-16/h2-10,18H,11-14H2,1H3. The predicted molar refractivity (Wildman–Crippen MR) is 90.8 cm³/mol. The van der Waals surface area contributed by atoms with Crippen molar-refractivity contribution in [2.24, 2.45) is 0 Å². The number of benzene rings is 2. The van der Waals surface area contributed by atoms with Gasteiger partial charge in [0.1, 0.15) is 0 Å². The van der Waals surface area contributed by atoms with E-state index in [9.17, 15) is 3.89 Å². The van der Waals surface area contributed by atoms with E-state index >= 15 is 0 Å². The number of hydrogen-bond acceptors (Lipinski definition) is 3. The largest absolute Gasteiger partial charge is 0.304 e. The number of halogens is 1. The first-order valence-corrected chi connectivity index (χ1v) is 8.36. The molecule has 0 saturated carbocycles. The van der Waals surface area contributed by atoms with Gasteiger partial charge in [0.2, 0.25) is 0 Å². The Balaban J connectivity index is 1.91. The van der Waals surface area contributed by atoms with E-state index in [0.717, 1.165) is 26.2 Å². The van der Waals surface area contributed by atoms with E-state index in [1.54, 1.807) is 0 Å². The van der Waals surface area contributed by atoms with Crippen molar-refractivity contribution in [3.05, 3.63) is 65.7 Å². The minimum absolute atomic E-state index is 0.244. The van der Waals surface area contributed by atoms with Crippen LogP contribution in [0.1, 0.15) is 17.2 Å². The Morgan fingerprint density at radius 2 is 1.45 bits per heavy atom. The molecule has 0 spiro atoms. The Bertz CT molecular complexity index is 580. The molecule has 22 heavy (non-hydrogen) atoms. The smallest absolute Gasteiger partial charge is 0.0812 e. The molecule has 2 nitrogen and oxygen atoms in total. The minimum Gasteiger partial charge on any atom is -0.304 e. The van der Waals surface area contributed by atoms with Crippen LogP contribution >= 0.6 is 12.1 Å². The van der Waals surface area contributed by atoms with E-state index in [0.29, 0.717) is 17.0 Å². The molecule has 0 bridgehead atoms. The molecule has 0 aliphatic carbocycles. The SMILES string of the molecule is CN1CCN(C(c2ccccc2)c2ccc(SF)cc2)CC1. The van der Waals surface area contributed by atoms with E-state index in [1.807, 2.05) is 18.2 Å². The molecule has 1 heterocycles. The van der Waals surface area contributed by atoms with Crippen molar-refractivity contribution in [3.8, 4) is 0 Å². The fourth-order valence-electron chi connectivity index (χ4n) is 3.03. The van der Waals surface area contributed by atoms with Crippen LogP contribution in [0, 0.1) is 0 Å². The van der Waals surface area contributed by atoms with Gasteiger partial charge in [-0.2, -0.15) is 3.89 Å². The zero-order valence-electron chi connectivity index (χ0n) is 12.8. The molecule has 0 radical (unpaired) electrons. The van der Waals surface area contributed by atoms with Gasteiger partial charge in [0.25, 0.3) is 0 Å². The average Bonchev–Trinajstić information content (AvgIpc) is 2.58. The predicted octanol–water partition coefficient (Wildman–Crippen LogP) is 4.00. The molecule has 2 aromatic carbocycles. The summed E-state index contributed by atoms with van der Waals surface area (Å²) in [4.78, 5) is 5.54. The van der Waals surface area contributed by atoms with E-state index in [4.69, 9.17) is 0 Å². The lowest BCUT2D eigenvalue weighted by molar-refractivity contribution is 0.127. The van der Waals surface area contributed by atoms with Crippen LogP contribution < -0.4 is 0 Å². The normalized spacial score (nSPS) is 18.3. The molecule has 1 atom stereocenters. The first kappa shape index (κ1) is 15.5. The third kappa shape index (κ3) is 3.51. The van der Waals surface area contributed by atoms with Gasteiger partial charge in [-0.3, -0.25) is 4.90 Å². The Labute approximate surface area is 136 Å². The van der Waals surface area contributed by atoms with Gasteiger partial charge in [0.05, 0.1) is 18.2 Å². The molecule has 0 amide bonds. The second-order valence-electron chi connectivity index (χ2n) is 5.80. The summed E-state index contributed by atoms with van der Waals surface area (Å²) in [6.07, 6.45) is 0. The fraction of sp³-hybridized carbons (Fsp3) is 0.333. The van der Waals surface area contributed by atoms with E-state index < -0.39 is 0 Å². The lowest BCUT2D eigenvalue weighted by Gasteiger charge is -2.38. The lowest BCUT2D eigenvalue weighted by atomic mass is 9.96. The molecule has 0 aromatic heterocycles. The second kappa shape index (κ2) is 7.27. The van der Waals surface area contributed by atoms with Crippen LogP contribution in [-0.4, -0.2) is 43.0 Å².